The number of hydrogen-bond donors (Lipinski definition) is 0. The van der Waals surface area contributed by atoms with Crippen molar-refractivity contribution in [3.05, 3.63) is 30.1 Å². The summed E-state index contributed by atoms with van der Waals surface area (Å²) >= 11 is 0. The molecule has 2 aromatic rings. The topological polar surface area (TPSA) is 59.7 Å². The van der Waals surface area contributed by atoms with Crippen molar-refractivity contribution < 1.29 is 22.7 Å². The molecule has 0 aromatic carbocycles. The summed E-state index contributed by atoms with van der Waals surface area (Å²) in [4.78, 5) is 21.0. The molecular formula is C14H17F3N4O2. The molecule has 1 amide bonds. The normalized spacial score (nSPS) is 11.9. The lowest BCUT2D eigenvalue weighted by Gasteiger charge is -2.15. The fraction of sp³-hybridized carbons (Fsp3) is 0.500. The third-order valence-corrected chi connectivity index (χ3v) is 3.34. The summed E-state index contributed by atoms with van der Waals surface area (Å²) < 4.78 is 44.9. The molecule has 0 atom stereocenters. The number of amides is 1. The quantitative estimate of drug-likeness (QED) is 0.762. The third kappa shape index (κ3) is 3.79. The predicted octanol–water partition coefficient (Wildman–Crippen LogP) is 2.25. The Morgan fingerprint density at radius 3 is 2.78 bits per heavy atom. The Kier molecular flexibility index (Phi) is 5.19. The van der Waals surface area contributed by atoms with E-state index >= 15 is 0 Å². The average molecular weight is 330 g/mol. The van der Waals surface area contributed by atoms with Gasteiger partial charge < -0.3 is 9.64 Å². The van der Waals surface area contributed by atoms with Gasteiger partial charge in [0.1, 0.15) is 0 Å². The number of carbonyl (C=O) groups excluding carboxylic acids is 1. The number of nitrogens with zero attached hydrogens (tertiary/aromatic N) is 4. The van der Waals surface area contributed by atoms with Crippen LogP contribution in [0.1, 0.15) is 29.2 Å². The lowest BCUT2D eigenvalue weighted by atomic mass is 10.3. The number of unbranched alkanes of at least 4 members (excludes halogenated alkanes) is 1. The monoisotopic (exact) mass is 330 g/mol. The van der Waals surface area contributed by atoms with Gasteiger partial charge >= 0.3 is 6.18 Å². The minimum absolute atomic E-state index is 0.0357. The van der Waals surface area contributed by atoms with Crippen LogP contribution >= 0.6 is 0 Å². The van der Waals surface area contributed by atoms with E-state index in [2.05, 4.69) is 9.97 Å². The van der Waals surface area contributed by atoms with Gasteiger partial charge in [-0.25, -0.2) is 4.98 Å². The van der Waals surface area contributed by atoms with Crippen LogP contribution in [0.25, 0.3) is 5.52 Å². The lowest BCUT2D eigenvalue weighted by Crippen LogP contribution is -2.28. The number of carbonyl (C=O) groups is 1. The SMILES string of the molecule is COCCCCN(C)C(=O)c1nc(C(F)(F)F)n2ccncc12. The van der Waals surface area contributed by atoms with Crippen molar-refractivity contribution >= 4 is 11.4 Å². The summed E-state index contributed by atoms with van der Waals surface area (Å²) in [5.74, 6) is -1.70. The Labute approximate surface area is 130 Å². The molecule has 9 heteroatoms. The van der Waals surface area contributed by atoms with Gasteiger partial charge in [0.2, 0.25) is 5.82 Å². The number of imidazole rings is 1. The Balaban J connectivity index is 2.27. The maximum absolute atomic E-state index is 13.0. The smallest absolute Gasteiger partial charge is 0.385 e. The minimum atomic E-state index is -4.65. The predicted molar refractivity (Wildman–Crippen MR) is 76.1 cm³/mol. The number of hydrogen-bond acceptors (Lipinski definition) is 4. The van der Waals surface area contributed by atoms with Crippen LogP contribution in [0.15, 0.2) is 18.6 Å². The molecule has 0 aliphatic rings. The van der Waals surface area contributed by atoms with Crippen molar-refractivity contribution in [2.45, 2.75) is 19.0 Å². The molecule has 6 nitrogen and oxygen atoms in total. The summed E-state index contributed by atoms with van der Waals surface area (Å²) in [6, 6.07) is 0. The molecule has 0 spiro atoms. The van der Waals surface area contributed by atoms with Crippen molar-refractivity contribution in [2.24, 2.45) is 0 Å². The van der Waals surface area contributed by atoms with Crippen LogP contribution in [0.3, 0.4) is 0 Å². The van der Waals surface area contributed by atoms with Gasteiger partial charge in [-0.1, -0.05) is 0 Å². The summed E-state index contributed by atoms with van der Waals surface area (Å²) in [7, 11) is 3.11. The van der Waals surface area contributed by atoms with E-state index in [4.69, 9.17) is 4.74 Å². The van der Waals surface area contributed by atoms with E-state index in [9.17, 15) is 18.0 Å². The Morgan fingerprint density at radius 1 is 1.39 bits per heavy atom. The van der Waals surface area contributed by atoms with Crippen LogP contribution in [0.5, 0.6) is 0 Å². The van der Waals surface area contributed by atoms with Crippen LogP contribution in [-0.4, -0.2) is 52.5 Å². The maximum atomic E-state index is 13.0. The van der Waals surface area contributed by atoms with Gasteiger partial charge in [-0.3, -0.25) is 14.2 Å². The zero-order valence-corrected chi connectivity index (χ0v) is 12.8. The first-order chi connectivity index (χ1) is 10.9. The van der Waals surface area contributed by atoms with Gasteiger partial charge in [-0.15, -0.1) is 0 Å². The number of alkyl halides is 3. The Bertz CT molecular complexity index is 684. The van der Waals surface area contributed by atoms with E-state index in [-0.39, 0.29) is 11.2 Å². The standard InChI is InChI=1S/C14H17F3N4O2/c1-20(6-3-4-8-23-2)12(22)11-10-9-18-5-7-21(10)13(19-11)14(15,16)17/h5,7,9H,3-4,6,8H2,1-2H3. The zero-order chi connectivity index (χ0) is 17.0. The molecule has 2 rings (SSSR count). The molecule has 0 saturated carbocycles. The molecule has 0 saturated heterocycles. The van der Waals surface area contributed by atoms with Crippen LogP contribution in [-0.2, 0) is 10.9 Å². The van der Waals surface area contributed by atoms with Crippen LogP contribution in [0.4, 0.5) is 13.2 Å². The zero-order valence-electron chi connectivity index (χ0n) is 12.8. The van der Waals surface area contributed by atoms with E-state index < -0.39 is 17.9 Å². The number of aromatic nitrogens is 3. The van der Waals surface area contributed by atoms with Crippen molar-refractivity contribution in [3.8, 4) is 0 Å². The maximum Gasteiger partial charge on any atom is 0.450 e. The van der Waals surface area contributed by atoms with Crippen LogP contribution in [0, 0.1) is 0 Å². The first-order valence-electron chi connectivity index (χ1n) is 7.00. The molecule has 0 aliphatic carbocycles. The van der Waals surface area contributed by atoms with Gasteiger partial charge in [-0.2, -0.15) is 13.2 Å². The fourth-order valence-electron chi connectivity index (χ4n) is 2.17. The first-order valence-corrected chi connectivity index (χ1v) is 7.00. The Morgan fingerprint density at radius 2 is 2.13 bits per heavy atom. The molecule has 0 fully saturated rings. The highest BCUT2D eigenvalue weighted by Gasteiger charge is 2.38. The highest BCUT2D eigenvalue weighted by atomic mass is 19.4. The summed E-state index contributed by atoms with van der Waals surface area (Å²) in [6.45, 7) is 0.973. The minimum Gasteiger partial charge on any atom is -0.385 e. The third-order valence-electron chi connectivity index (χ3n) is 3.34. The number of fused-ring (bicyclic) bond motifs is 1. The summed E-state index contributed by atoms with van der Waals surface area (Å²) in [6.07, 6.45) is 0.348. The first kappa shape index (κ1) is 17.2. The van der Waals surface area contributed by atoms with E-state index in [0.29, 0.717) is 19.6 Å². The molecular weight excluding hydrogens is 313 g/mol. The number of rotatable bonds is 6. The number of ether oxygens (including phenoxy) is 1. The second-order valence-electron chi connectivity index (χ2n) is 5.04. The lowest BCUT2D eigenvalue weighted by molar-refractivity contribution is -0.145. The van der Waals surface area contributed by atoms with Gasteiger partial charge in [0.15, 0.2) is 5.69 Å². The van der Waals surface area contributed by atoms with Crippen molar-refractivity contribution in [1.29, 1.82) is 0 Å². The second kappa shape index (κ2) is 6.95. The number of halogens is 3. The fourth-order valence-corrected chi connectivity index (χ4v) is 2.17. The highest BCUT2D eigenvalue weighted by molar-refractivity contribution is 5.98. The van der Waals surface area contributed by atoms with E-state index in [1.54, 1.807) is 7.11 Å². The van der Waals surface area contributed by atoms with Gasteiger partial charge in [0.25, 0.3) is 5.91 Å². The molecule has 0 radical (unpaired) electrons. The largest absolute Gasteiger partial charge is 0.450 e. The summed E-state index contributed by atoms with van der Waals surface area (Å²) in [5.41, 5.74) is -0.215. The molecule has 2 aromatic heterocycles. The number of methoxy groups -OCH3 is 1. The van der Waals surface area contributed by atoms with Gasteiger partial charge in [-0.05, 0) is 12.8 Å². The van der Waals surface area contributed by atoms with Crippen LogP contribution < -0.4 is 0 Å². The van der Waals surface area contributed by atoms with Crippen molar-refractivity contribution in [1.82, 2.24) is 19.3 Å². The molecule has 0 bridgehead atoms. The molecule has 0 N–H and O–H groups in total. The van der Waals surface area contributed by atoms with Gasteiger partial charge in [0.05, 0.1) is 11.7 Å². The van der Waals surface area contributed by atoms with Crippen molar-refractivity contribution in [3.63, 3.8) is 0 Å². The highest BCUT2D eigenvalue weighted by Crippen LogP contribution is 2.30. The molecule has 126 valence electrons. The molecule has 0 unspecified atom stereocenters. The average Bonchev–Trinajstić information content (AvgIpc) is 2.90. The molecule has 0 aliphatic heterocycles. The van der Waals surface area contributed by atoms with Gasteiger partial charge in [0, 0.05) is 39.7 Å². The summed E-state index contributed by atoms with van der Waals surface area (Å²) in [5, 5.41) is 0. The van der Waals surface area contributed by atoms with E-state index in [1.165, 1.54) is 24.3 Å². The van der Waals surface area contributed by atoms with Crippen LogP contribution in [0.2, 0.25) is 0 Å². The van der Waals surface area contributed by atoms with Crippen molar-refractivity contribution in [2.75, 3.05) is 27.3 Å². The molecule has 2 heterocycles. The van der Waals surface area contributed by atoms with E-state index in [0.717, 1.165) is 17.0 Å². The second-order valence-corrected chi connectivity index (χ2v) is 5.04. The Hall–Kier alpha value is -2.16. The molecule has 23 heavy (non-hydrogen) atoms. The van der Waals surface area contributed by atoms with E-state index in [1.807, 2.05) is 0 Å².